The molecule has 0 saturated carbocycles. The summed E-state index contributed by atoms with van der Waals surface area (Å²) in [6.45, 7) is 4.19. The first-order valence-electron chi connectivity index (χ1n) is 8.64. The highest BCUT2D eigenvalue weighted by molar-refractivity contribution is 5.95. The van der Waals surface area contributed by atoms with Crippen molar-refractivity contribution in [2.45, 2.75) is 19.4 Å². The SMILES string of the molecule is CCCOc1cn(-c2ccccc2)nc1C(=O)NCC1CNCC1O. The lowest BCUT2D eigenvalue weighted by molar-refractivity contribution is 0.0918. The first-order valence-corrected chi connectivity index (χ1v) is 8.64. The summed E-state index contributed by atoms with van der Waals surface area (Å²) in [5, 5.41) is 20.2. The fourth-order valence-electron chi connectivity index (χ4n) is 2.78. The normalized spacial score (nSPS) is 19.8. The number of benzene rings is 1. The van der Waals surface area contributed by atoms with E-state index in [1.54, 1.807) is 10.9 Å². The predicted molar refractivity (Wildman–Crippen MR) is 94.0 cm³/mol. The molecule has 0 spiro atoms. The smallest absolute Gasteiger partial charge is 0.275 e. The third-order valence-electron chi connectivity index (χ3n) is 4.21. The van der Waals surface area contributed by atoms with Crippen LogP contribution in [-0.2, 0) is 0 Å². The molecule has 1 aliphatic heterocycles. The van der Waals surface area contributed by atoms with Gasteiger partial charge >= 0.3 is 0 Å². The number of nitrogens with zero attached hydrogens (tertiary/aromatic N) is 2. The van der Waals surface area contributed by atoms with E-state index < -0.39 is 6.10 Å². The molecule has 2 aromatic rings. The van der Waals surface area contributed by atoms with E-state index in [9.17, 15) is 9.90 Å². The minimum Gasteiger partial charge on any atom is -0.489 e. The van der Waals surface area contributed by atoms with E-state index in [4.69, 9.17) is 4.74 Å². The van der Waals surface area contributed by atoms with Gasteiger partial charge in [-0.2, -0.15) is 5.10 Å². The second-order valence-corrected chi connectivity index (χ2v) is 6.17. The standard InChI is InChI=1S/C18H24N4O3/c1-2-8-25-16-12-22(14-6-4-3-5-7-14)21-17(16)18(24)20-10-13-9-19-11-15(13)23/h3-7,12-13,15,19,23H,2,8-11H2,1H3,(H,20,24). The number of carbonyl (C=O) groups excluding carboxylic acids is 1. The van der Waals surface area contributed by atoms with Crippen molar-refractivity contribution in [1.29, 1.82) is 0 Å². The van der Waals surface area contributed by atoms with Crippen molar-refractivity contribution >= 4 is 5.91 Å². The molecule has 1 aliphatic rings. The van der Waals surface area contributed by atoms with Gasteiger partial charge in [0.05, 0.1) is 24.6 Å². The first kappa shape index (κ1) is 17.4. The Labute approximate surface area is 147 Å². The van der Waals surface area contributed by atoms with Gasteiger partial charge in [-0.15, -0.1) is 0 Å². The van der Waals surface area contributed by atoms with Crippen LogP contribution in [-0.4, -0.2) is 53.1 Å². The van der Waals surface area contributed by atoms with Gasteiger partial charge in [0, 0.05) is 25.6 Å². The van der Waals surface area contributed by atoms with Crippen LogP contribution in [0.15, 0.2) is 36.5 Å². The van der Waals surface area contributed by atoms with E-state index >= 15 is 0 Å². The largest absolute Gasteiger partial charge is 0.489 e. The molecule has 0 bridgehead atoms. The van der Waals surface area contributed by atoms with Gasteiger partial charge in [-0.05, 0) is 18.6 Å². The van der Waals surface area contributed by atoms with Crippen molar-refractivity contribution in [1.82, 2.24) is 20.4 Å². The third-order valence-corrected chi connectivity index (χ3v) is 4.21. The number of hydrogen-bond donors (Lipinski definition) is 3. The molecule has 1 fully saturated rings. The Morgan fingerprint density at radius 2 is 2.20 bits per heavy atom. The second-order valence-electron chi connectivity index (χ2n) is 6.17. The van der Waals surface area contributed by atoms with Crippen LogP contribution in [0.5, 0.6) is 5.75 Å². The molecule has 2 atom stereocenters. The number of para-hydroxylation sites is 1. The number of rotatable bonds is 7. The topological polar surface area (TPSA) is 88.4 Å². The molecule has 7 heteroatoms. The quantitative estimate of drug-likeness (QED) is 0.697. The van der Waals surface area contributed by atoms with Crippen molar-refractivity contribution < 1.29 is 14.6 Å². The van der Waals surface area contributed by atoms with Crippen LogP contribution in [0.2, 0.25) is 0 Å². The number of hydrogen-bond acceptors (Lipinski definition) is 5. The summed E-state index contributed by atoms with van der Waals surface area (Å²) >= 11 is 0. The minimum atomic E-state index is -0.432. The van der Waals surface area contributed by atoms with E-state index in [-0.39, 0.29) is 17.5 Å². The number of aliphatic hydroxyl groups is 1. The van der Waals surface area contributed by atoms with Crippen molar-refractivity contribution in [2.75, 3.05) is 26.2 Å². The molecular weight excluding hydrogens is 320 g/mol. The van der Waals surface area contributed by atoms with E-state index in [1.807, 2.05) is 37.3 Å². The monoisotopic (exact) mass is 344 g/mol. The van der Waals surface area contributed by atoms with E-state index in [0.717, 1.165) is 12.1 Å². The maximum Gasteiger partial charge on any atom is 0.275 e. The average Bonchev–Trinajstić information content (AvgIpc) is 3.25. The highest BCUT2D eigenvalue weighted by Crippen LogP contribution is 2.20. The molecule has 1 aromatic heterocycles. The van der Waals surface area contributed by atoms with Gasteiger partial charge in [0.15, 0.2) is 11.4 Å². The third kappa shape index (κ3) is 4.18. The summed E-state index contributed by atoms with van der Waals surface area (Å²) in [4.78, 5) is 12.6. The molecule has 3 N–H and O–H groups in total. The van der Waals surface area contributed by atoms with Crippen LogP contribution in [0.25, 0.3) is 5.69 Å². The highest BCUT2D eigenvalue weighted by Gasteiger charge is 2.26. The number of aliphatic hydroxyl groups excluding tert-OH is 1. The van der Waals surface area contributed by atoms with Crippen LogP contribution >= 0.6 is 0 Å². The van der Waals surface area contributed by atoms with Gasteiger partial charge in [0.25, 0.3) is 5.91 Å². The summed E-state index contributed by atoms with van der Waals surface area (Å²) in [6, 6.07) is 9.59. The Morgan fingerprint density at radius 3 is 2.88 bits per heavy atom. The van der Waals surface area contributed by atoms with E-state index in [1.165, 1.54) is 0 Å². The van der Waals surface area contributed by atoms with Gasteiger partial charge in [-0.25, -0.2) is 4.68 Å². The fourth-order valence-corrected chi connectivity index (χ4v) is 2.78. The molecule has 3 rings (SSSR count). The van der Waals surface area contributed by atoms with Crippen molar-refractivity contribution in [3.63, 3.8) is 0 Å². The van der Waals surface area contributed by atoms with Crippen LogP contribution in [0, 0.1) is 5.92 Å². The zero-order valence-electron chi connectivity index (χ0n) is 14.3. The lowest BCUT2D eigenvalue weighted by atomic mass is 10.1. The Kier molecular flexibility index (Phi) is 5.67. The summed E-state index contributed by atoms with van der Waals surface area (Å²) in [5.74, 6) is 0.188. The Bertz CT molecular complexity index is 702. The maximum atomic E-state index is 12.6. The number of ether oxygens (including phenoxy) is 1. The van der Waals surface area contributed by atoms with Crippen molar-refractivity contribution in [2.24, 2.45) is 5.92 Å². The Morgan fingerprint density at radius 1 is 1.40 bits per heavy atom. The number of nitrogens with one attached hydrogen (secondary N) is 2. The number of aromatic nitrogens is 2. The molecular formula is C18H24N4O3. The van der Waals surface area contributed by atoms with E-state index in [2.05, 4.69) is 15.7 Å². The molecule has 25 heavy (non-hydrogen) atoms. The second kappa shape index (κ2) is 8.13. The molecule has 2 heterocycles. The van der Waals surface area contributed by atoms with Crippen molar-refractivity contribution in [3.05, 3.63) is 42.2 Å². The number of carbonyl (C=O) groups is 1. The molecule has 1 amide bonds. The van der Waals surface area contributed by atoms with Gasteiger partial charge in [-0.3, -0.25) is 4.79 Å². The summed E-state index contributed by atoms with van der Waals surface area (Å²) in [7, 11) is 0. The Balaban J connectivity index is 1.75. The molecule has 1 saturated heterocycles. The van der Waals surface area contributed by atoms with Crippen molar-refractivity contribution in [3.8, 4) is 11.4 Å². The predicted octanol–water partition coefficient (Wildman–Crippen LogP) is 0.971. The van der Waals surface area contributed by atoms with Crippen LogP contribution < -0.4 is 15.4 Å². The highest BCUT2D eigenvalue weighted by atomic mass is 16.5. The molecule has 7 nitrogen and oxygen atoms in total. The van der Waals surface area contributed by atoms with Crippen LogP contribution in [0.4, 0.5) is 0 Å². The minimum absolute atomic E-state index is 0.0140. The van der Waals surface area contributed by atoms with E-state index in [0.29, 0.717) is 32.0 Å². The lowest BCUT2D eigenvalue weighted by Gasteiger charge is -2.13. The number of β-amino-alcohol motifs (C(OH)–C–C–N with tert-alkyl or cyclic N) is 1. The number of amides is 1. The van der Waals surface area contributed by atoms with Gasteiger partial charge in [-0.1, -0.05) is 25.1 Å². The summed E-state index contributed by atoms with van der Waals surface area (Å²) < 4.78 is 7.34. The molecule has 2 unspecified atom stereocenters. The van der Waals surface area contributed by atoms with Gasteiger partial charge < -0.3 is 20.5 Å². The Hall–Kier alpha value is -2.38. The van der Waals surface area contributed by atoms with Crippen LogP contribution in [0.3, 0.4) is 0 Å². The fraction of sp³-hybridized carbons (Fsp3) is 0.444. The summed E-state index contributed by atoms with van der Waals surface area (Å²) in [5.41, 5.74) is 1.12. The molecule has 134 valence electrons. The maximum absolute atomic E-state index is 12.6. The van der Waals surface area contributed by atoms with Crippen LogP contribution in [0.1, 0.15) is 23.8 Å². The molecule has 0 radical (unpaired) electrons. The zero-order valence-corrected chi connectivity index (χ0v) is 14.3. The summed E-state index contributed by atoms with van der Waals surface area (Å²) in [6.07, 6.45) is 2.14. The first-order chi connectivity index (χ1) is 12.2. The average molecular weight is 344 g/mol. The molecule has 1 aromatic carbocycles. The zero-order chi connectivity index (χ0) is 17.6. The van der Waals surface area contributed by atoms with Gasteiger partial charge in [0.1, 0.15) is 0 Å². The van der Waals surface area contributed by atoms with Gasteiger partial charge in [0.2, 0.25) is 0 Å². The molecule has 0 aliphatic carbocycles. The lowest BCUT2D eigenvalue weighted by Crippen LogP contribution is -2.34.